The van der Waals surface area contributed by atoms with E-state index < -0.39 is 5.38 Å². The highest BCUT2D eigenvalue weighted by Gasteiger charge is 2.13. The van der Waals surface area contributed by atoms with Gasteiger partial charge in [-0.1, -0.05) is 26.2 Å². The van der Waals surface area contributed by atoms with Crippen LogP contribution in [0.1, 0.15) is 32.6 Å². The molecule has 0 aliphatic rings. The number of hydrogen-bond acceptors (Lipinski definition) is 2. The molecular weight excluding hydrogens is 164 g/mol. The van der Waals surface area contributed by atoms with Gasteiger partial charge in [-0.25, -0.2) is 0 Å². The molecule has 0 radical (unpaired) electrons. The third-order valence-electron chi connectivity index (χ3n) is 1.52. The van der Waals surface area contributed by atoms with Gasteiger partial charge in [0.25, 0.3) is 0 Å². The van der Waals surface area contributed by atoms with E-state index in [4.69, 9.17) is 11.6 Å². The minimum absolute atomic E-state index is 0.317. The number of hydrogen-bond donors (Lipinski definition) is 0. The lowest BCUT2D eigenvalue weighted by atomic mass is 10.1. The maximum absolute atomic E-state index is 10.8. The van der Waals surface area contributed by atoms with E-state index in [1.807, 2.05) is 0 Å². The molecule has 0 amide bonds. The molecule has 0 aromatic rings. The summed E-state index contributed by atoms with van der Waals surface area (Å²) in [6.45, 7) is 2.11. The van der Waals surface area contributed by atoms with Gasteiger partial charge in [0.1, 0.15) is 5.38 Å². The van der Waals surface area contributed by atoms with Gasteiger partial charge in [-0.3, -0.25) is 4.79 Å². The summed E-state index contributed by atoms with van der Waals surface area (Å²) in [7, 11) is 1.36. The Morgan fingerprint density at radius 2 is 2.18 bits per heavy atom. The van der Waals surface area contributed by atoms with Crippen LogP contribution in [0.15, 0.2) is 0 Å². The summed E-state index contributed by atoms with van der Waals surface area (Å²) >= 11 is 5.69. The molecule has 0 N–H and O–H groups in total. The van der Waals surface area contributed by atoms with Crippen molar-refractivity contribution < 1.29 is 9.53 Å². The first kappa shape index (κ1) is 10.8. The lowest BCUT2D eigenvalue weighted by Crippen LogP contribution is -2.15. The van der Waals surface area contributed by atoms with Crippen molar-refractivity contribution in [2.24, 2.45) is 0 Å². The van der Waals surface area contributed by atoms with Crippen LogP contribution in [-0.2, 0) is 9.53 Å². The molecule has 1 atom stereocenters. The number of carbonyl (C=O) groups is 1. The monoisotopic (exact) mass is 178 g/mol. The van der Waals surface area contributed by atoms with Crippen molar-refractivity contribution in [2.75, 3.05) is 7.11 Å². The average molecular weight is 179 g/mol. The minimum atomic E-state index is -0.452. The number of carbonyl (C=O) groups excluding carboxylic acids is 1. The Morgan fingerprint density at radius 3 is 2.64 bits per heavy atom. The summed E-state index contributed by atoms with van der Waals surface area (Å²) in [5.74, 6) is -0.317. The lowest BCUT2D eigenvalue weighted by molar-refractivity contribution is -0.140. The molecule has 0 bridgehead atoms. The number of halogens is 1. The zero-order chi connectivity index (χ0) is 8.69. The smallest absolute Gasteiger partial charge is 0.323 e. The number of alkyl halides is 1. The normalized spacial score (nSPS) is 12.6. The second-order valence-electron chi connectivity index (χ2n) is 2.49. The summed E-state index contributed by atoms with van der Waals surface area (Å²) in [4.78, 5) is 10.8. The average Bonchev–Trinajstić information content (AvgIpc) is 2.03. The lowest BCUT2D eigenvalue weighted by Gasteiger charge is -2.05. The standard InChI is InChI=1S/C8H15ClO2/c1-3-4-5-6-7(9)8(10)11-2/h7H,3-6H2,1-2H3. The molecule has 0 aliphatic heterocycles. The molecule has 0 fully saturated rings. The van der Waals surface area contributed by atoms with E-state index in [-0.39, 0.29) is 5.97 Å². The molecule has 0 saturated carbocycles. The van der Waals surface area contributed by atoms with Crippen LogP contribution < -0.4 is 0 Å². The third-order valence-corrected chi connectivity index (χ3v) is 1.91. The van der Waals surface area contributed by atoms with Crippen LogP contribution in [0.2, 0.25) is 0 Å². The predicted octanol–water partition coefficient (Wildman–Crippen LogP) is 2.35. The van der Waals surface area contributed by atoms with Crippen molar-refractivity contribution in [2.45, 2.75) is 38.0 Å². The Bertz CT molecular complexity index is 115. The largest absolute Gasteiger partial charge is 0.468 e. The summed E-state index contributed by atoms with van der Waals surface area (Å²) in [5, 5.41) is -0.452. The fourth-order valence-electron chi connectivity index (χ4n) is 0.819. The highest BCUT2D eigenvalue weighted by Crippen LogP contribution is 2.09. The minimum Gasteiger partial charge on any atom is -0.468 e. The summed E-state index contributed by atoms with van der Waals surface area (Å²) < 4.78 is 4.47. The van der Waals surface area contributed by atoms with Gasteiger partial charge < -0.3 is 4.74 Å². The zero-order valence-corrected chi connectivity index (χ0v) is 7.86. The fourth-order valence-corrected chi connectivity index (χ4v) is 1.06. The van der Waals surface area contributed by atoms with E-state index in [1.165, 1.54) is 7.11 Å². The van der Waals surface area contributed by atoms with Crippen LogP contribution in [0.3, 0.4) is 0 Å². The van der Waals surface area contributed by atoms with Crippen LogP contribution in [0.5, 0.6) is 0 Å². The van der Waals surface area contributed by atoms with Gasteiger partial charge in [0.2, 0.25) is 0 Å². The molecule has 66 valence electrons. The van der Waals surface area contributed by atoms with Crippen molar-refractivity contribution in [3.63, 3.8) is 0 Å². The van der Waals surface area contributed by atoms with E-state index in [0.717, 1.165) is 25.7 Å². The van der Waals surface area contributed by atoms with Crippen molar-refractivity contribution in [3.8, 4) is 0 Å². The van der Waals surface area contributed by atoms with Gasteiger partial charge in [0.15, 0.2) is 0 Å². The molecule has 2 nitrogen and oxygen atoms in total. The number of rotatable bonds is 5. The van der Waals surface area contributed by atoms with Crippen LogP contribution in [0.25, 0.3) is 0 Å². The molecule has 0 heterocycles. The first-order chi connectivity index (χ1) is 5.22. The van der Waals surface area contributed by atoms with Crippen molar-refractivity contribution in [3.05, 3.63) is 0 Å². The highest BCUT2D eigenvalue weighted by molar-refractivity contribution is 6.29. The molecule has 0 rings (SSSR count). The van der Waals surface area contributed by atoms with Gasteiger partial charge in [0, 0.05) is 0 Å². The molecule has 1 unspecified atom stereocenters. The van der Waals surface area contributed by atoms with E-state index in [9.17, 15) is 4.79 Å². The molecule has 0 aliphatic carbocycles. The Morgan fingerprint density at radius 1 is 1.55 bits per heavy atom. The summed E-state index contributed by atoms with van der Waals surface area (Å²) in [6, 6.07) is 0. The van der Waals surface area contributed by atoms with E-state index in [2.05, 4.69) is 11.7 Å². The van der Waals surface area contributed by atoms with Crippen molar-refractivity contribution >= 4 is 17.6 Å². The maximum atomic E-state index is 10.8. The molecule has 0 saturated heterocycles. The van der Waals surface area contributed by atoms with E-state index in [1.54, 1.807) is 0 Å². The Hall–Kier alpha value is -0.240. The number of esters is 1. The second kappa shape index (κ2) is 6.47. The maximum Gasteiger partial charge on any atom is 0.323 e. The van der Waals surface area contributed by atoms with Crippen molar-refractivity contribution in [1.82, 2.24) is 0 Å². The first-order valence-electron chi connectivity index (χ1n) is 3.94. The summed E-state index contributed by atoms with van der Waals surface area (Å²) in [5.41, 5.74) is 0. The van der Waals surface area contributed by atoms with Gasteiger partial charge >= 0.3 is 5.97 Å². The summed E-state index contributed by atoms with van der Waals surface area (Å²) in [6.07, 6.45) is 3.99. The van der Waals surface area contributed by atoms with Crippen molar-refractivity contribution in [1.29, 1.82) is 0 Å². The van der Waals surface area contributed by atoms with Gasteiger partial charge in [-0.2, -0.15) is 0 Å². The Balaban J connectivity index is 3.36. The number of ether oxygens (including phenoxy) is 1. The Kier molecular flexibility index (Phi) is 6.33. The molecule has 3 heteroatoms. The Labute approximate surface area is 72.9 Å². The molecular formula is C8H15ClO2. The van der Waals surface area contributed by atoms with Crippen LogP contribution in [0.4, 0.5) is 0 Å². The molecule has 0 aromatic heterocycles. The van der Waals surface area contributed by atoms with E-state index >= 15 is 0 Å². The molecule has 11 heavy (non-hydrogen) atoms. The second-order valence-corrected chi connectivity index (χ2v) is 3.01. The topological polar surface area (TPSA) is 26.3 Å². The van der Waals surface area contributed by atoms with Gasteiger partial charge in [-0.15, -0.1) is 11.6 Å². The van der Waals surface area contributed by atoms with E-state index in [0.29, 0.717) is 0 Å². The SMILES string of the molecule is CCCCCC(Cl)C(=O)OC. The van der Waals surface area contributed by atoms with Gasteiger partial charge in [0.05, 0.1) is 7.11 Å². The van der Waals surface area contributed by atoms with Crippen LogP contribution in [-0.4, -0.2) is 18.5 Å². The highest BCUT2D eigenvalue weighted by atomic mass is 35.5. The van der Waals surface area contributed by atoms with Crippen LogP contribution in [0, 0.1) is 0 Å². The molecule has 0 aromatic carbocycles. The quantitative estimate of drug-likeness (QED) is 0.367. The zero-order valence-electron chi connectivity index (χ0n) is 7.10. The third kappa shape index (κ3) is 5.08. The van der Waals surface area contributed by atoms with Crippen LogP contribution >= 0.6 is 11.6 Å². The number of methoxy groups -OCH3 is 1. The van der Waals surface area contributed by atoms with Gasteiger partial charge in [-0.05, 0) is 6.42 Å². The fraction of sp³-hybridized carbons (Fsp3) is 0.875. The molecule has 0 spiro atoms. The predicted molar refractivity (Wildman–Crippen MR) is 45.8 cm³/mol. The number of unbranched alkanes of at least 4 members (excludes halogenated alkanes) is 2. The first-order valence-corrected chi connectivity index (χ1v) is 4.38.